The van der Waals surface area contributed by atoms with Gasteiger partial charge in [0, 0.05) is 5.41 Å². The minimum absolute atomic E-state index is 0.261. The lowest BCUT2D eigenvalue weighted by Crippen LogP contribution is -2.37. The van der Waals surface area contributed by atoms with Crippen molar-refractivity contribution in [3.05, 3.63) is 0 Å². The molecule has 1 fully saturated rings. The topological polar surface area (TPSA) is 55.8 Å². The second kappa shape index (κ2) is 2.96. The Hall–Kier alpha value is -0.610. The van der Waals surface area contributed by atoms with E-state index in [1.165, 1.54) is 6.92 Å². The van der Waals surface area contributed by atoms with E-state index in [4.69, 9.17) is 14.6 Å². The molecule has 1 aliphatic heterocycles. The minimum Gasteiger partial charge on any atom is -0.433 e. The Morgan fingerprint density at radius 1 is 1.54 bits per heavy atom. The van der Waals surface area contributed by atoms with Gasteiger partial charge in [0.15, 0.2) is 5.60 Å². The number of aliphatic hydroxyl groups excluding tert-OH is 1. The van der Waals surface area contributed by atoms with Gasteiger partial charge in [0.1, 0.15) is 0 Å². The maximum absolute atomic E-state index is 11.3. The van der Waals surface area contributed by atoms with Crippen molar-refractivity contribution in [2.45, 2.75) is 39.6 Å². The Labute approximate surface area is 77.8 Å². The van der Waals surface area contributed by atoms with Gasteiger partial charge in [-0.05, 0) is 6.92 Å². The molecule has 4 nitrogen and oxygen atoms in total. The Bertz CT molecular complexity index is 218. The smallest absolute Gasteiger partial charge is 0.343 e. The second-order valence-electron chi connectivity index (χ2n) is 4.61. The van der Waals surface area contributed by atoms with E-state index >= 15 is 0 Å². The van der Waals surface area contributed by atoms with Crippen LogP contribution in [0.15, 0.2) is 0 Å². The number of rotatable bonds is 1. The summed E-state index contributed by atoms with van der Waals surface area (Å²) in [5.74, 6) is -0.491. The molecule has 0 aromatic rings. The molecule has 1 aliphatic rings. The average Bonchev–Trinajstić information content (AvgIpc) is 2.29. The predicted octanol–water partition coefficient (Wildman–Crippen LogP) is 0.683. The number of carbonyl (C=O) groups excluding carboxylic acids is 1. The van der Waals surface area contributed by atoms with Gasteiger partial charge in [-0.3, -0.25) is 0 Å². The lowest BCUT2D eigenvalue weighted by Gasteiger charge is -2.25. The second-order valence-corrected chi connectivity index (χ2v) is 4.61. The third-order valence-electron chi connectivity index (χ3n) is 2.02. The molecule has 1 rings (SSSR count). The highest BCUT2D eigenvalue weighted by molar-refractivity contribution is 5.80. The van der Waals surface area contributed by atoms with E-state index in [1.807, 2.05) is 20.8 Å². The van der Waals surface area contributed by atoms with Crippen LogP contribution in [0.1, 0.15) is 27.7 Å². The maximum Gasteiger partial charge on any atom is 0.343 e. The van der Waals surface area contributed by atoms with Gasteiger partial charge in [0.05, 0.1) is 6.61 Å². The van der Waals surface area contributed by atoms with Crippen LogP contribution in [0.4, 0.5) is 0 Å². The highest BCUT2D eigenvalue weighted by Crippen LogP contribution is 2.34. The summed E-state index contributed by atoms with van der Waals surface area (Å²) in [6.07, 6.45) is -0.572. The van der Waals surface area contributed by atoms with Gasteiger partial charge in [0.2, 0.25) is 6.29 Å². The predicted molar refractivity (Wildman–Crippen MR) is 45.9 cm³/mol. The molecule has 2 unspecified atom stereocenters. The zero-order chi connectivity index (χ0) is 10.3. The Morgan fingerprint density at radius 2 is 2.08 bits per heavy atom. The molecule has 1 heterocycles. The van der Waals surface area contributed by atoms with E-state index in [0.29, 0.717) is 0 Å². The summed E-state index contributed by atoms with van der Waals surface area (Å²) in [6.45, 7) is 6.91. The molecule has 4 heteroatoms. The van der Waals surface area contributed by atoms with Crippen LogP contribution in [-0.4, -0.2) is 29.6 Å². The highest BCUT2D eigenvalue weighted by atomic mass is 16.8. The van der Waals surface area contributed by atoms with E-state index in [9.17, 15) is 4.79 Å². The number of aliphatic hydroxyl groups is 1. The summed E-state index contributed by atoms with van der Waals surface area (Å²) >= 11 is 0. The van der Waals surface area contributed by atoms with E-state index in [1.54, 1.807) is 0 Å². The Balaban J connectivity index is 2.77. The van der Waals surface area contributed by atoms with Gasteiger partial charge < -0.3 is 14.6 Å². The van der Waals surface area contributed by atoms with Crippen molar-refractivity contribution in [3.8, 4) is 0 Å². The Morgan fingerprint density at radius 3 is 2.31 bits per heavy atom. The molecule has 0 aromatic carbocycles. The molecule has 1 saturated heterocycles. The van der Waals surface area contributed by atoms with Gasteiger partial charge in [0.25, 0.3) is 0 Å². The van der Waals surface area contributed by atoms with E-state index in [2.05, 4.69) is 0 Å². The van der Waals surface area contributed by atoms with Crippen molar-refractivity contribution in [2.24, 2.45) is 5.41 Å². The van der Waals surface area contributed by atoms with E-state index in [-0.39, 0.29) is 12.0 Å². The zero-order valence-corrected chi connectivity index (χ0v) is 8.46. The molecule has 1 N–H and O–H groups in total. The van der Waals surface area contributed by atoms with Crippen LogP contribution in [0.5, 0.6) is 0 Å². The van der Waals surface area contributed by atoms with Crippen molar-refractivity contribution < 1.29 is 19.4 Å². The van der Waals surface area contributed by atoms with Crippen LogP contribution in [0.3, 0.4) is 0 Å². The molecule has 0 amide bonds. The van der Waals surface area contributed by atoms with Crippen molar-refractivity contribution >= 4 is 5.97 Å². The fourth-order valence-corrected chi connectivity index (χ4v) is 0.986. The summed E-state index contributed by atoms with van der Waals surface area (Å²) in [7, 11) is 0. The molecule has 0 bridgehead atoms. The molecule has 2 atom stereocenters. The summed E-state index contributed by atoms with van der Waals surface area (Å²) < 4.78 is 10.4. The van der Waals surface area contributed by atoms with Crippen molar-refractivity contribution in [2.75, 3.05) is 6.61 Å². The molecular weight excluding hydrogens is 172 g/mol. The van der Waals surface area contributed by atoms with Crippen LogP contribution in [0.25, 0.3) is 0 Å². The lowest BCUT2D eigenvalue weighted by atomic mass is 9.96. The van der Waals surface area contributed by atoms with E-state index < -0.39 is 17.9 Å². The molecule has 0 aromatic heterocycles. The fourth-order valence-electron chi connectivity index (χ4n) is 0.986. The van der Waals surface area contributed by atoms with Crippen LogP contribution in [0, 0.1) is 5.41 Å². The molecule has 76 valence electrons. The molecule has 0 aliphatic carbocycles. The largest absolute Gasteiger partial charge is 0.433 e. The van der Waals surface area contributed by atoms with Gasteiger partial charge in [-0.15, -0.1) is 0 Å². The van der Waals surface area contributed by atoms with Crippen molar-refractivity contribution in [3.63, 3.8) is 0 Å². The van der Waals surface area contributed by atoms with E-state index in [0.717, 1.165) is 0 Å². The molecule has 13 heavy (non-hydrogen) atoms. The first-order chi connectivity index (χ1) is 5.79. The standard InChI is InChI=1S/C9H16O4/c1-8(2,3)7-12-6(11)9(4,5-10)13-7/h7,10H,5H2,1-4H3. The van der Waals surface area contributed by atoms with Crippen molar-refractivity contribution in [1.82, 2.24) is 0 Å². The summed E-state index contributed by atoms with van der Waals surface area (Å²) in [5.41, 5.74) is -1.44. The van der Waals surface area contributed by atoms with Crippen molar-refractivity contribution in [1.29, 1.82) is 0 Å². The zero-order valence-electron chi connectivity index (χ0n) is 8.46. The molecule has 0 radical (unpaired) electrons. The number of ether oxygens (including phenoxy) is 2. The normalized spacial score (nSPS) is 34.8. The summed E-state index contributed by atoms with van der Waals surface area (Å²) in [4.78, 5) is 11.3. The minimum atomic E-state index is -1.18. The van der Waals surface area contributed by atoms with Crippen LogP contribution in [-0.2, 0) is 14.3 Å². The quantitative estimate of drug-likeness (QED) is 0.615. The third-order valence-corrected chi connectivity index (χ3v) is 2.02. The van der Waals surface area contributed by atoms with Crippen LogP contribution in [0.2, 0.25) is 0 Å². The number of carbonyl (C=O) groups is 1. The molecule has 0 saturated carbocycles. The Kier molecular flexibility index (Phi) is 2.38. The van der Waals surface area contributed by atoms with Crippen LogP contribution >= 0.6 is 0 Å². The average molecular weight is 188 g/mol. The van der Waals surface area contributed by atoms with Crippen LogP contribution < -0.4 is 0 Å². The number of esters is 1. The summed E-state index contributed by atoms with van der Waals surface area (Å²) in [6, 6.07) is 0. The maximum atomic E-state index is 11.3. The first-order valence-electron chi connectivity index (χ1n) is 4.29. The highest BCUT2D eigenvalue weighted by Gasteiger charge is 2.49. The van der Waals surface area contributed by atoms with Gasteiger partial charge >= 0.3 is 5.97 Å². The molecule has 0 spiro atoms. The fraction of sp³-hybridized carbons (Fsp3) is 0.889. The summed E-state index contributed by atoms with van der Waals surface area (Å²) in [5, 5.41) is 8.95. The van der Waals surface area contributed by atoms with Gasteiger partial charge in [-0.2, -0.15) is 0 Å². The SMILES string of the molecule is CC1(CO)OC(C(C)(C)C)OC1=O. The lowest BCUT2D eigenvalue weighted by molar-refractivity contribution is -0.156. The number of hydrogen-bond acceptors (Lipinski definition) is 4. The third kappa shape index (κ3) is 1.84. The number of cyclic esters (lactones) is 1. The monoisotopic (exact) mass is 188 g/mol. The molecular formula is C9H16O4. The first kappa shape index (κ1) is 10.5. The number of hydrogen-bond donors (Lipinski definition) is 1. The van der Waals surface area contributed by atoms with Gasteiger partial charge in [-0.1, -0.05) is 20.8 Å². The first-order valence-corrected chi connectivity index (χ1v) is 4.29. The van der Waals surface area contributed by atoms with Gasteiger partial charge in [-0.25, -0.2) is 4.79 Å².